The van der Waals surface area contributed by atoms with E-state index in [1.54, 1.807) is 20.3 Å². The van der Waals surface area contributed by atoms with E-state index in [1.807, 2.05) is 55.4 Å². The summed E-state index contributed by atoms with van der Waals surface area (Å²) in [6.45, 7) is 0.366. The topological polar surface area (TPSA) is 50.8 Å². The maximum atomic E-state index is 12.3. The van der Waals surface area contributed by atoms with Crippen LogP contribution in [0.1, 0.15) is 15.9 Å². The molecule has 5 heteroatoms. The Morgan fingerprint density at radius 1 is 1.09 bits per heavy atom. The summed E-state index contributed by atoms with van der Waals surface area (Å²) in [4.78, 5) is 14.3. The summed E-state index contributed by atoms with van der Waals surface area (Å²) in [6.07, 6.45) is 0. The van der Waals surface area contributed by atoms with Gasteiger partial charge in [-0.2, -0.15) is 0 Å². The Balaban J connectivity index is 2.11. The average molecular weight is 314 g/mol. The lowest BCUT2D eigenvalue weighted by molar-refractivity contribution is 0.0950. The Hall–Kier alpha value is -2.69. The van der Waals surface area contributed by atoms with Crippen LogP contribution in [0.15, 0.2) is 42.5 Å². The monoisotopic (exact) mass is 314 g/mol. The first-order valence-corrected chi connectivity index (χ1v) is 7.31. The molecule has 1 amide bonds. The Morgan fingerprint density at radius 2 is 1.87 bits per heavy atom. The van der Waals surface area contributed by atoms with Crippen LogP contribution in [0.2, 0.25) is 0 Å². The van der Waals surface area contributed by atoms with Gasteiger partial charge in [0, 0.05) is 37.5 Å². The van der Waals surface area contributed by atoms with Crippen LogP contribution < -0.4 is 19.7 Å². The highest BCUT2D eigenvalue weighted by atomic mass is 16.5. The van der Waals surface area contributed by atoms with E-state index >= 15 is 0 Å². The molecule has 122 valence electrons. The van der Waals surface area contributed by atoms with E-state index in [0.717, 1.165) is 17.0 Å². The smallest absolute Gasteiger partial charge is 0.251 e. The standard InChI is InChI=1S/C18H22N2O3/c1-20(2)15-7-5-6-13(10-15)18(21)19-12-14-11-16(22-3)8-9-17(14)23-4/h5-11H,12H2,1-4H3,(H,19,21). The van der Waals surface area contributed by atoms with Crippen LogP contribution in [-0.2, 0) is 6.54 Å². The number of nitrogens with one attached hydrogen (secondary N) is 1. The van der Waals surface area contributed by atoms with Crippen molar-refractivity contribution in [2.24, 2.45) is 0 Å². The van der Waals surface area contributed by atoms with E-state index in [0.29, 0.717) is 17.9 Å². The molecule has 0 unspecified atom stereocenters. The summed E-state index contributed by atoms with van der Waals surface area (Å²) in [7, 11) is 7.10. The number of rotatable bonds is 6. The highest BCUT2D eigenvalue weighted by Gasteiger charge is 2.10. The summed E-state index contributed by atoms with van der Waals surface area (Å²) < 4.78 is 10.5. The minimum absolute atomic E-state index is 0.126. The van der Waals surface area contributed by atoms with Crippen molar-refractivity contribution >= 4 is 11.6 Å². The SMILES string of the molecule is COc1ccc(OC)c(CNC(=O)c2cccc(N(C)C)c2)c1. The molecule has 0 saturated carbocycles. The summed E-state index contributed by atoms with van der Waals surface area (Å²) in [5, 5.41) is 2.91. The fraction of sp³-hybridized carbons (Fsp3) is 0.278. The summed E-state index contributed by atoms with van der Waals surface area (Å²) >= 11 is 0. The first-order valence-electron chi connectivity index (χ1n) is 7.31. The van der Waals surface area contributed by atoms with Gasteiger partial charge in [-0.15, -0.1) is 0 Å². The van der Waals surface area contributed by atoms with Gasteiger partial charge in [-0.1, -0.05) is 6.07 Å². The van der Waals surface area contributed by atoms with Crippen LogP contribution in [0.3, 0.4) is 0 Å². The highest BCUT2D eigenvalue weighted by molar-refractivity contribution is 5.95. The third-order valence-corrected chi connectivity index (χ3v) is 3.55. The largest absolute Gasteiger partial charge is 0.497 e. The third kappa shape index (κ3) is 4.16. The summed E-state index contributed by atoms with van der Waals surface area (Å²) in [5.74, 6) is 1.32. The molecule has 1 N–H and O–H groups in total. The molecule has 0 aromatic heterocycles. The van der Waals surface area contributed by atoms with Crippen molar-refractivity contribution in [3.05, 3.63) is 53.6 Å². The van der Waals surface area contributed by atoms with E-state index in [-0.39, 0.29) is 5.91 Å². The predicted molar refractivity (Wildman–Crippen MR) is 91.5 cm³/mol. The van der Waals surface area contributed by atoms with Crippen LogP contribution in [0.25, 0.3) is 0 Å². The molecule has 0 heterocycles. The number of carbonyl (C=O) groups is 1. The predicted octanol–water partition coefficient (Wildman–Crippen LogP) is 2.70. The van der Waals surface area contributed by atoms with Crippen LogP contribution >= 0.6 is 0 Å². The molecule has 0 saturated heterocycles. The maximum Gasteiger partial charge on any atom is 0.251 e. The zero-order chi connectivity index (χ0) is 16.8. The van der Waals surface area contributed by atoms with Crippen molar-refractivity contribution in [3.8, 4) is 11.5 Å². The molecule has 0 radical (unpaired) electrons. The maximum absolute atomic E-state index is 12.3. The van der Waals surface area contributed by atoms with Gasteiger partial charge in [-0.25, -0.2) is 0 Å². The Labute approximate surface area is 136 Å². The molecule has 2 aromatic rings. The summed E-state index contributed by atoms with van der Waals surface area (Å²) in [6, 6.07) is 13.0. The molecule has 0 bridgehead atoms. The number of anilines is 1. The molecular formula is C18H22N2O3. The van der Waals surface area contributed by atoms with E-state index in [9.17, 15) is 4.79 Å². The van der Waals surface area contributed by atoms with Crippen molar-refractivity contribution < 1.29 is 14.3 Å². The van der Waals surface area contributed by atoms with E-state index in [2.05, 4.69) is 5.32 Å². The lowest BCUT2D eigenvalue weighted by Gasteiger charge is -2.14. The fourth-order valence-electron chi connectivity index (χ4n) is 2.22. The van der Waals surface area contributed by atoms with Crippen LogP contribution in [0.5, 0.6) is 11.5 Å². The molecule has 23 heavy (non-hydrogen) atoms. The third-order valence-electron chi connectivity index (χ3n) is 3.55. The van der Waals surface area contributed by atoms with Crippen molar-refractivity contribution in [3.63, 3.8) is 0 Å². The lowest BCUT2D eigenvalue weighted by Crippen LogP contribution is -2.23. The number of methoxy groups -OCH3 is 2. The number of hydrogen-bond donors (Lipinski definition) is 1. The number of amides is 1. The zero-order valence-corrected chi connectivity index (χ0v) is 13.9. The number of hydrogen-bond acceptors (Lipinski definition) is 4. The molecule has 0 spiro atoms. The average Bonchev–Trinajstić information content (AvgIpc) is 2.59. The van der Waals surface area contributed by atoms with E-state index in [1.165, 1.54) is 0 Å². The second kappa shape index (κ2) is 7.54. The second-order valence-electron chi connectivity index (χ2n) is 5.31. The van der Waals surface area contributed by atoms with Crippen molar-refractivity contribution in [2.45, 2.75) is 6.54 Å². The minimum Gasteiger partial charge on any atom is -0.497 e. The molecule has 0 aliphatic heterocycles. The highest BCUT2D eigenvalue weighted by Crippen LogP contribution is 2.24. The molecule has 0 aliphatic carbocycles. The van der Waals surface area contributed by atoms with Crippen molar-refractivity contribution in [2.75, 3.05) is 33.2 Å². The molecule has 2 rings (SSSR count). The number of nitrogens with zero attached hydrogens (tertiary/aromatic N) is 1. The first kappa shape index (κ1) is 16.7. The second-order valence-corrected chi connectivity index (χ2v) is 5.31. The van der Waals surface area contributed by atoms with Gasteiger partial charge in [0.05, 0.1) is 14.2 Å². The molecule has 0 fully saturated rings. The summed E-state index contributed by atoms with van der Waals surface area (Å²) in [5.41, 5.74) is 2.47. The van der Waals surface area contributed by atoms with Gasteiger partial charge >= 0.3 is 0 Å². The number of ether oxygens (including phenoxy) is 2. The fourth-order valence-corrected chi connectivity index (χ4v) is 2.22. The van der Waals surface area contributed by atoms with Gasteiger partial charge in [-0.3, -0.25) is 4.79 Å². The van der Waals surface area contributed by atoms with E-state index < -0.39 is 0 Å². The van der Waals surface area contributed by atoms with Gasteiger partial charge < -0.3 is 19.7 Å². The van der Waals surface area contributed by atoms with Gasteiger partial charge in [0.25, 0.3) is 5.91 Å². The van der Waals surface area contributed by atoms with E-state index in [4.69, 9.17) is 9.47 Å². The molecule has 5 nitrogen and oxygen atoms in total. The van der Waals surface area contributed by atoms with Crippen molar-refractivity contribution in [1.29, 1.82) is 0 Å². The molecule has 0 aliphatic rings. The quantitative estimate of drug-likeness (QED) is 0.891. The lowest BCUT2D eigenvalue weighted by atomic mass is 10.1. The first-order chi connectivity index (χ1) is 11.0. The number of benzene rings is 2. The van der Waals surface area contributed by atoms with Crippen molar-refractivity contribution in [1.82, 2.24) is 5.32 Å². The zero-order valence-electron chi connectivity index (χ0n) is 13.9. The molecular weight excluding hydrogens is 292 g/mol. The molecule has 2 aromatic carbocycles. The van der Waals surface area contributed by atoms with Crippen LogP contribution in [-0.4, -0.2) is 34.2 Å². The Kier molecular flexibility index (Phi) is 5.46. The van der Waals surface area contributed by atoms with Gasteiger partial charge in [0.1, 0.15) is 11.5 Å². The van der Waals surface area contributed by atoms with Crippen LogP contribution in [0.4, 0.5) is 5.69 Å². The minimum atomic E-state index is -0.126. The van der Waals surface area contributed by atoms with Gasteiger partial charge in [0.15, 0.2) is 0 Å². The van der Waals surface area contributed by atoms with Gasteiger partial charge in [-0.05, 0) is 36.4 Å². The Bertz CT molecular complexity index is 684. The molecule has 0 atom stereocenters. The normalized spacial score (nSPS) is 10.1. The van der Waals surface area contributed by atoms with Crippen LogP contribution in [0, 0.1) is 0 Å². The van der Waals surface area contributed by atoms with Gasteiger partial charge in [0.2, 0.25) is 0 Å². The Morgan fingerprint density at radius 3 is 2.52 bits per heavy atom. The number of carbonyl (C=O) groups excluding carboxylic acids is 1.